The van der Waals surface area contributed by atoms with Crippen molar-refractivity contribution in [2.75, 3.05) is 20.4 Å². The third-order valence-electron chi connectivity index (χ3n) is 2.71. The van der Waals surface area contributed by atoms with Crippen molar-refractivity contribution in [3.8, 4) is 0 Å². The molecule has 0 saturated carbocycles. The van der Waals surface area contributed by atoms with E-state index in [0.717, 1.165) is 12.8 Å². The van der Waals surface area contributed by atoms with Crippen molar-refractivity contribution in [3.63, 3.8) is 0 Å². The van der Waals surface area contributed by atoms with Crippen molar-refractivity contribution in [2.24, 2.45) is 5.92 Å². The first kappa shape index (κ1) is 17.6. The minimum atomic E-state index is -3.20. The van der Waals surface area contributed by atoms with Gasteiger partial charge in [-0.25, -0.2) is 0 Å². The lowest BCUT2D eigenvalue weighted by Crippen LogP contribution is -2.11. The molecule has 0 aromatic rings. The molecule has 1 atom stereocenters. The van der Waals surface area contributed by atoms with Gasteiger partial charge in [0.05, 0.1) is 0 Å². The lowest BCUT2D eigenvalue weighted by molar-refractivity contribution is -0.117. The van der Waals surface area contributed by atoms with Crippen LogP contribution in [0.15, 0.2) is 11.6 Å². The fraction of sp³-hybridized carbons (Fsp3) is 0.769. The van der Waals surface area contributed by atoms with Gasteiger partial charge in [-0.1, -0.05) is 18.6 Å². The van der Waals surface area contributed by atoms with Crippen molar-refractivity contribution in [2.45, 2.75) is 40.0 Å². The predicted molar refractivity (Wildman–Crippen MR) is 73.9 cm³/mol. The molecule has 0 aliphatic heterocycles. The Balaban J connectivity index is 4.08. The van der Waals surface area contributed by atoms with Gasteiger partial charge in [-0.3, -0.25) is 9.36 Å². The molecular weight excluding hydrogens is 251 g/mol. The monoisotopic (exact) mass is 276 g/mol. The highest BCUT2D eigenvalue weighted by Crippen LogP contribution is 2.46. The van der Waals surface area contributed by atoms with Gasteiger partial charge in [0.15, 0.2) is 0 Å². The van der Waals surface area contributed by atoms with Crippen LogP contribution in [0.4, 0.5) is 0 Å². The van der Waals surface area contributed by atoms with Gasteiger partial charge in [0, 0.05) is 20.6 Å². The van der Waals surface area contributed by atoms with Crippen LogP contribution < -0.4 is 0 Å². The Morgan fingerprint density at radius 2 is 1.83 bits per heavy atom. The molecule has 0 spiro atoms. The lowest BCUT2D eigenvalue weighted by atomic mass is 9.99. The highest BCUT2D eigenvalue weighted by Gasteiger charge is 2.25. The molecule has 0 aliphatic rings. The van der Waals surface area contributed by atoms with Crippen LogP contribution in [0.1, 0.15) is 40.0 Å². The van der Waals surface area contributed by atoms with Crippen LogP contribution >= 0.6 is 7.60 Å². The van der Waals surface area contributed by atoms with Gasteiger partial charge in [0.1, 0.15) is 11.9 Å². The number of rotatable bonds is 9. The van der Waals surface area contributed by atoms with Crippen molar-refractivity contribution in [3.05, 3.63) is 11.6 Å². The number of ketones is 1. The first-order valence-electron chi connectivity index (χ1n) is 6.18. The van der Waals surface area contributed by atoms with Crippen LogP contribution in [-0.4, -0.2) is 26.2 Å². The number of allylic oxidation sites excluding steroid dienone is 2. The molecule has 1 unspecified atom stereocenters. The molecular formula is C13H25O4P. The molecule has 0 aromatic heterocycles. The zero-order chi connectivity index (χ0) is 14.2. The minimum Gasteiger partial charge on any atom is -0.312 e. The summed E-state index contributed by atoms with van der Waals surface area (Å²) in [5, 5.41) is 0. The summed E-state index contributed by atoms with van der Waals surface area (Å²) in [7, 11) is -0.594. The van der Waals surface area contributed by atoms with E-state index >= 15 is 0 Å². The summed E-state index contributed by atoms with van der Waals surface area (Å²) in [5.41, 5.74) is 1.29. The van der Waals surface area contributed by atoms with Gasteiger partial charge in [-0.2, -0.15) is 0 Å². The zero-order valence-electron chi connectivity index (χ0n) is 12.1. The Kier molecular flexibility index (Phi) is 8.41. The second kappa shape index (κ2) is 8.63. The molecule has 5 heteroatoms. The standard InChI is InChI=1S/C13H25O4P/c1-11(2)7-6-8-12(3)9-13(14)10-18(15,16-4)17-5/h7,12H,6,8-10H2,1-5H3. The van der Waals surface area contributed by atoms with Crippen LogP contribution in [0.25, 0.3) is 0 Å². The van der Waals surface area contributed by atoms with E-state index in [9.17, 15) is 9.36 Å². The lowest BCUT2D eigenvalue weighted by Gasteiger charge is -2.14. The minimum absolute atomic E-state index is 0.0632. The second-order valence-corrected chi connectivity index (χ2v) is 7.11. The first-order chi connectivity index (χ1) is 8.33. The Labute approximate surface area is 110 Å². The van der Waals surface area contributed by atoms with Gasteiger partial charge in [-0.15, -0.1) is 0 Å². The number of hydrogen-bond donors (Lipinski definition) is 0. The van der Waals surface area contributed by atoms with Crippen molar-refractivity contribution >= 4 is 13.4 Å². The van der Waals surface area contributed by atoms with E-state index < -0.39 is 7.60 Å². The maximum absolute atomic E-state index is 11.8. The maximum Gasteiger partial charge on any atom is 0.337 e. The topological polar surface area (TPSA) is 52.6 Å². The summed E-state index contributed by atoms with van der Waals surface area (Å²) in [5.74, 6) is 0.224. The van der Waals surface area contributed by atoms with E-state index in [1.165, 1.54) is 19.8 Å². The Morgan fingerprint density at radius 1 is 1.28 bits per heavy atom. The van der Waals surface area contributed by atoms with Crippen molar-refractivity contribution < 1.29 is 18.4 Å². The number of hydrogen-bond acceptors (Lipinski definition) is 4. The van der Waals surface area contributed by atoms with Gasteiger partial charge < -0.3 is 9.05 Å². The molecule has 0 N–H and O–H groups in total. The summed E-state index contributed by atoms with van der Waals surface area (Å²) < 4.78 is 21.3. The molecule has 0 rings (SSSR count). The quantitative estimate of drug-likeness (QED) is 0.474. The van der Waals surface area contributed by atoms with E-state index in [1.54, 1.807) is 0 Å². The molecule has 0 saturated heterocycles. The average molecular weight is 276 g/mol. The number of carbonyl (C=O) groups excluding carboxylic acids is 1. The Morgan fingerprint density at radius 3 is 2.28 bits per heavy atom. The molecule has 0 bridgehead atoms. The van der Waals surface area contributed by atoms with Gasteiger partial charge in [-0.05, 0) is 32.6 Å². The molecule has 0 radical (unpaired) electrons. The first-order valence-corrected chi connectivity index (χ1v) is 7.91. The van der Waals surface area contributed by atoms with E-state index in [4.69, 9.17) is 9.05 Å². The summed E-state index contributed by atoms with van der Waals surface area (Å²) in [4.78, 5) is 11.7. The summed E-state index contributed by atoms with van der Waals surface area (Å²) in [6, 6.07) is 0. The SMILES string of the molecule is COP(=O)(CC(=O)CC(C)CCC=C(C)C)OC. The molecule has 18 heavy (non-hydrogen) atoms. The van der Waals surface area contributed by atoms with Crippen LogP contribution in [0.2, 0.25) is 0 Å². The summed E-state index contributed by atoms with van der Waals surface area (Å²) in [6.07, 6.45) is 4.39. The van der Waals surface area contributed by atoms with Crippen LogP contribution in [0.3, 0.4) is 0 Å². The van der Waals surface area contributed by atoms with Gasteiger partial charge >= 0.3 is 7.60 Å². The van der Waals surface area contributed by atoms with E-state index in [1.807, 2.05) is 6.92 Å². The summed E-state index contributed by atoms with van der Waals surface area (Å²) >= 11 is 0. The van der Waals surface area contributed by atoms with E-state index in [2.05, 4.69) is 19.9 Å². The average Bonchev–Trinajstić information content (AvgIpc) is 2.28. The smallest absolute Gasteiger partial charge is 0.312 e. The van der Waals surface area contributed by atoms with E-state index in [-0.39, 0.29) is 17.9 Å². The van der Waals surface area contributed by atoms with Crippen LogP contribution in [-0.2, 0) is 18.4 Å². The third-order valence-corrected chi connectivity index (χ3v) is 4.57. The normalized spacial score (nSPS) is 13.2. The Hall–Kier alpha value is -0.440. The number of Topliss-reactive ketones (excluding diaryl/α,β-unsaturated/α-hetero) is 1. The molecule has 0 aliphatic carbocycles. The second-order valence-electron chi connectivity index (χ2n) is 4.84. The van der Waals surface area contributed by atoms with Crippen molar-refractivity contribution in [1.82, 2.24) is 0 Å². The fourth-order valence-corrected chi connectivity index (χ4v) is 2.60. The molecule has 106 valence electrons. The maximum atomic E-state index is 11.8. The summed E-state index contributed by atoms with van der Waals surface area (Å²) in [6.45, 7) is 6.15. The number of carbonyl (C=O) groups is 1. The molecule has 0 aromatic carbocycles. The van der Waals surface area contributed by atoms with E-state index in [0.29, 0.717) is 6.42 Å². The van der Waals surface area contributed by atoms with Crippen molar-refractivity contribution in [1.29, 1.82) is 0 Å². The molecule has 4 nitrogen and oxygen atoms in total. The molecule has 0 heterocycles. The van der Waals surface area contributed by atoms with Crippen LogP contribution in [0.5, 0.6) is 0 Å². The predicted octanol–water partition coefficient (Wildman–Crippen LogP) is 3.81. The fourth-order valence-electron chi connectivity index (χ4n) is 1.63. The zero-order valence-corrected chi connectivity index (χ0v) is 13.0. The third kappa shape index (κ3) is 7.80. The largest absolute Gasteiger partial charge is 0.337 e. The van der Waals surface area contributed by atoms with Crippen LogP contribution in [0, 0.1) is 5.92 Å². The Bertz CT molecular complexity index is 324. The molecule has 0 amide bonds. The highest BCUT2D eigenvalue weighted by atomic mass is 31.2. The van der Waals surface area contributed by atoms with Gasteiger partial charge in [0.2, 0.25) is 0 Å². The van der Waals surface area contributed by atoms with Gasteiger partial charge in [0.25, 0.3) is 0 Å². The highest BCUT2D eigenvalue weighted by molar-refractivity contribution is 7.54. The molecule has 0 fully saturated rings.